The van der Waals surface area contributed by atoms with Gasteiger partial charge in [-0.1, -0.05) is 36.4 Å². The molecule has 1 aromatic heterocycles. The Hall–Kier alpha value is -3.51. The molecular formula is C32H41N3O8. The summed E-state index contributed by atoms with van der Waals surface area (Å²) in [5.74, 6) is 1.69. The van der Waals surface area contributed by atoms with E-state index in [9.17, 15) is 14.4 Å². The van der Waals surface area contributed by atoms with Crippen molar-refractivity contribution >= 4 is 0 Å². The Morgan fingerprint density at radius 2 is 1.40 bits per heavy atom. The van der Waals surface area contributed by atoms with E-state index in [2.05, 4.69) is 31.9 Å². The van der Waals surface area contributed by atoms with Gasteiger partial charge in [-0.3, -0.25) is 0 Å². The predicted molar refractivity (Wildman–Crippen MR) is 161 cm³/mol. The van der Waals surface area contributed by atoms with Crippen molar-refractivity contribution in [2.24, 2.45) is 5.92 Å². The molecule has 11 heteroatoms. The number of fused-ring (bicyclic) bond motifs is 1. The number of rotatable bonds is 12. The molecule has 1 aliphatic carbocycles. The molecule has 4 saturated heterocycles. The molecule has 5 heterocycles. The highest BCUT2D eigenvalue weighted by atomic mass is 16.6. The van der Waals surface area contributed by atoms with E-state index < -0.39 is 17.1 Å². The van der Waals surface area contributed by atoms with Gasteiger partial charge in [0.1, 0.15) is 18.5 Å². The summed E-state index contributed by atoms with van der Waals surface area (Å²) in [7, 11) is 0. The zero-order chi connectivity index (χ0) is 30.3. The highest BCUT2D eigenvalue weighted by molar-refractivity contribution is 5.34. The molecule has 6 atom stereocenters. The lowest BCUT2D eigenvalue weighted by Crippen LogP contribution is -2.55. The Bertz CT molecular complexity index is 1410. The van der Waals surface area contributed by atoms with Crippen LogP contribution < -0.4 is 21.8 Å². The van der Waals surface area contributed by atoms with E-state index in [4.69, 9.17) is 23.7 Å². The largest absolute Gasteiger partial charge is 0.490 e. The quantitative estimate of drug-likeness (QED) is 0.270. The smallest absolute Gasteiger partial charge is 0.336 e. The van der Waals surface area contributed by atoms with E-state index in [1.165, 1.54) is 30.9 Å². The number of para-hydroxylation sites is 1. The fraction of sp³-hybridized carbons (Fsp3) is 0.531. The van der Waals surface area contributed by atoms with Crippen molar-refractivity contribution in [3.63, 3.8) is 0 Å². The topological polar surface area (TPSA) is 125 Å². The molecular weight excluding hydrogens is 554 g/mol. The molecule has 5 aliphatic rings. The molecule has 4 aliphatic heterocycles. The maximum atomic E-state index is 12.3. The van der Waals surface area contributed by atoms with Crippen LogP contribution in [0.1, 0.15) is 24.8 Å². The van der Waals surface area contributed by atoms with Gasteiger partial charge in [-0.2, -0.15) is 0 Å². The third-order valence-electron chi connectivity index (χ3n) is 7.82. The average Bonchev–Trinajstić information content (AvgIpc) is 3.82. The SMILES string of the molecule is C=CC1CCC2OC2C1.C=CCc1ccccc1OCC1CO1.C=CCn1c(=O)n(CC2CO2)c(=O)n(CC2CO2)c1=O. The summed E-state index contributed by atoms with van der Waals surface area (Å²) in [6.45, 7) is 14.0. The molecule has 11 nitrogen and oxygen atoms in total. The molecule has 6 unspecified atom stereocenters. The third kappa shape index (κ3) is 8.76. The fourth-order valence-electron chi connectivity index (χ4n) is 5.00. The van der Waals surface area contributed by atoms with E-state index in [-0.39, 0.29) is 31.8 Å². The monoisotopic (exact) mass is 595 g/mol. The molecule has 0 spiro atoms. The highest BCUT2D eigenvalue weighted by Gasteiger charge is 2.42. The second-order valence-corrected chi connectivity index (χ2v) is 11.3. The zero-order valence-corrected chi connectivity index (χ0v) is 24.5. The zero-order valence-electron chi connectivity index (χ0n) is 24.5. The van der Waals surface area contributed by atoms with Gasteiger partial charge < -0.3 is 23.7 Å². The second-order valence-electron chi connectivity index (χ2n) is 11.3. The van der Waals surface area contributed by atoms with Gasteiger partial charge in [0.05, 0.1) is 63.9 Å². The molecule has 0 bridgehead atoms. The summed E-state index contributed by atoms with van der Waals surface area (Å²) in [6, 6.07) is 8.04. The van der Waals surface area contributed by atoms with Gasteiger partial charge >= 0.3 is 17.1 Å². The summed E-state index contributed by atoms with van der Waals surface area (Å²) < 4.78 is 29.3. The van der Waals surface area contributed by atoms with Gasteiger partial charge in [0.15, 0.2) is 0 Å². The summed E-state index contributed by atoms with van der Waals surface area (Å²) in [5.41, 5.74) is -0.666. The van der Waals surface area contributed by atoms with Crippen molar-refractivity contribution in [2.75, 3.05) is 26.4 Å². The summed E-state index contributed by atoms with van der Waals surface area (Å²) in [4.78, 5) is 36.7. The Balaban J connectivity index is 0.000000138. The van der Waals surface area contributed by atoms with Crippen LogP contribution in [-0.4, -0.2) is 70.6 Å². The van der Waals surface area contributed by atoms with Gasteiger partial charge in [0, 0.05) is 0 Å². The number of nitrogens with zero attached hydrogens (tertiary/aromatic N) is 3. The number of aromatic nitrogens is 3. The molecule has 43 heavy (non-hydrogen) atoms. The van der Waals surface area contributed by atoms with E-state index >= 15 is 0 Å². The number of hydrogen-bond acceptors (Lipinski definition) is 8. The van der Waals surface area contributed by atoms with Crippen molar-refractivity contribution in [3.05, 3.63) is 99.2 Å². The molecule has 2 aromatic rings. The number of benzene rings is 1. The molecule has 0 amide bonds. The van der Waals surface area contributed by atoms with Crippen molar-refractivity contribution in [1.82, 2.24) is 13.7 Å². The summed E-state index contributed by atoms with van der Waals surface area (Å²) in [6.07, 6.45) is 11.4. The maximum absolute atomic E-state index is 12.3. The normalized spacial score (nSPS) is 27.2. The molecule has 232 valence electrons. The van der Waals surface area contributed by atoms with E-state index in [0.29, 0.717) is 38.1 Å². The van der Waals surface area contributed by atoms with Crippen LogP contribution in [0.5, 0.6) is 5.75 Å². The molecule has 0 N–H and O–H groups in total. The van der Waals surface area contributed by atoms with Crippen LogP contribution in [0.3, 0.4) is 0 Å². The highest BCUT2D eigenvalue weighted by Crippen LogP contribution is 2.39. The summed E-state index contributed by atoms with van der Waals surface area (Å²) in [5, 5.41) is 0. The van der Waals surface area contributed by atoms with Crippen LogP contribution in [0.25, 0.3) is 0 Å². The van der Waals surface area contributed by atoms with Crippen LogP contribution in [0.15, 0.2) is 76.6 Å². The van der Waals surface area contributed by atoms with Crippen molar-refractivity contribution in [3.8, 4) is 5.75 Å². The first-order chi connectivity index (χ1) is 20.9. The van der Waals surface area contributed by atoms with Crippen LogP contribution >= 0.6 is 0 Å². The number of hydrogen-bond donors (Lipinski definition) is 0. The molecule has 5 fully saturated rings. The Morgan fingerprint density at radius 3 is 1.93 bits per heavy atom. The molecule has 1 saturated carbocycles. The third-order valence-corrected chi connectivity index (χ3v) is 7.82. The van der Waals surface area contributed by atoms with E-state index in [0.717, 1.165) is 38.4 Å². The van der Waals surface area contributed by atoms with Gasteiger partial charge in [0.25, 0.3) is 0 Å². The Labute approximate surface area is 250 Å². The lowest BCUT2D eigenvalue weighted by atomic mass is 9.90. The predicted octanol–water partition coefficient (Wildman–Crippen LogP) is 2.09. The van der Waals surface area contributed by atoms with Gasteiger partial charge in [0.2, 0.25) is 0 Å². The van der Waals surface area contributed by atoms with Crippen LogP contribution in [0.2, 0.25) is 0 Å². The number of ether oxygens (including phenoxy) is 5. The van der Waals surface area contributed by atoms with Crippen molar-refractivity contribution in [2.45, 2.75) is 75.8 Å². The van der Waals surface area contributed by atoms with Crippen molar-refractivity contribution < 1.29 is 23.7 Å². The molecule has 1 aromatic carbocycles. The van der Waals surface area contributed by atoms with Crippen LogP contribution in [0.4, 0.5) is 0 Å². The lowest BCUT2D eigenvalue weighted by Gasteiger charge is -2.12. The Kier molecular flexibility index (Phi) is 10.3. The Morgan fingerprint density at radius 1 is 0.791 bits per heavy atom. The first-order valence-corrected chi connectivity index (χ1v) is 14.9. The maximum Gasteiger partial charge on any atom is 0.336 e. The first-order valence-electron chi connectivity index (χ1n) is 14.9. The number of allylic oxidation sites excluding steroid dienone is 3. The number of epoxide rings is 4. The van der Waals surface area contributed by atoms with Gasteiger partial charge in [-0.05, 0) is 43.2 Å². The molecule has 7 rings (SSSR count). The average molecular weight is 596 g/mol. The first kappa shape index (κ1) is 30.9. The fourth-order valence-corrected chi connectivity index (χ4v) is 5.00. The van der Waals surface area contributed by atoms with Crippen molar-refractivity contribution in [1.29, 1.82) is 0 Å². The van der Waals surface area contributed by atoms with Crippen LogP contribution in [-0.2, 0) is 45.0 Å². The van der Waals surface area contributed by atoms with Crippen LogP contribution in [0, 0.1) is 5.92 Å². The minimum atomic E-state index is -0.622. The van der Waals surface area contributed by atoms with E-state index in [1.54, 1.807) is 0 Å². The molecule has 0 radical (unpaired) electrons. The van der Waals surface area contributed by atoms with Gasteiger partial charge in [-0.15, -0.1) is 19.7 Å². The van der Waals surface area contributed by atoms with Gasteiger partial charge in [-0.25, -0.2) is 28.1 Å². The van der Waals surface area contributed by atoms with E-state index in [1.807, 2.05) is 24.3 Å². The minimum absolute atomic E-state index is 0.0645. The summed E-state index contributed by atoms with van der Waals surface area (Å²) >= 11 is 0. The second kappa shape index (κ2) is 14.3. The lowest BCUT2D eigenvalue weighted by molar-refractivity contribution is 0.261. The minimum Gasteiger partial charge on any atom is -0.490 e. The standard InChI is InChI=1S/C12H15N3O5.C12H14O2.C8H12O/c1-2-3-13-10(16)14(4-8-6-19-8)12(18)15(11(13)17)5-9-7-20-9;1-2-5-10-6-3-4-7-12(10)14-9-11-8-13-11;1-2-6-3-4-7-8(5-6)9-7/h2,8-9H,1,3-7H2;2-4,6-7,11H,1,5,8-9H2;2,6-8H,1,3-5H2.